The minimum absolute atomic E-state index is 0.0976. The molecule has 0 saturated heterocycles. The van der Waals surface area contributed by atoms with E-state index in [1.165, 1.54) is 24.3 Å². The van der Waals surface area contributed by atoms with Crippen molar-refractivity contribution in [2.45, 2.75) is 6.54 Å². The summed E-state index contributed by atoms with van der Waals surface area (Å²) in [6.07, 6.45) is 0. The second-order valence-corrected chi connectivity index (χ2v) is 3.97. The Hall–Kier alpha value is -2.30. The minimum atomic E-state index is -0.813. The van der Waals surface area contributed by atoms with Crippen LogP contribution in [-0.4, -0.2) is 5.91 Å². The van der Waals surface area contributed by atoms with Crippen LogP contribution in [0.2, 0.25) is 0 Å². The Balaban J connectivity index is 2.03. The first-order chi connectivity index (χ1) is 9.04. The van der Waals surface area contributed by atoms with Gasteiger partial charge in [-0.3, -0.25) is 4.79 Å². The highest BCUT2D eigenvalue weighted by Gasteiger charge is 2.08. The average molecular weight is 265 g/mol. The first-order valence-electron chi connectivity index (χ1n) is 5.53. The number of hydrogen-bond donors (Lipinski definition) is 1. The van der Waals surface area contributed by atoms with Crippen molar-refractivity contribution < 1.29 is 18.0 Å². The Labute approximate surface area is 107 Å². The van der Waals surface area contributed by atoms with Crippen molar-refractivity contribution in [3.05, 3.63) is 71.0 Å². The van der Waals surface area contributed by atoms with Gasteiger partial charge in [-0.2, -0.15) is 0 Å². The van der Waals surface area contributed by atoms with Crippen molar-refractivity contribution in [2.75, 3.05) is 0 Å². The number of amides is 1. The number of hydrogen-bond acceptors (Lipinski definition) is 1. The normalized spacial score (nSPS) is 10.3. The molecule has 0 fully saturated rings. The summed E-state index contributed by atoms with van der Waals surface area (Å²) in [5.74, 6) is -2.59. The van der Waals surface area contributed by atoms with E-state index in [2.05, 4.69) is 5.32 Å². The molecule has 2 rings (SSSR count). The lowest BCUT2D eigenvalue weighted by Gasteiger charge is -2.06. The van der Waals surface area contributed by atoms with Crippen LogP contribution >= 0.6 is 0 Å². The highest BCUT2D eigenvalue weighted by atomic mass is 19.1. The largest absolute Gasteiger partial charge is 0.348 e. The van der Waals surface area contributed by atoms with E-state index < -0.39 is 17.5 Å². The lowest BCUT2D eigenvalue weighted by molar-refractivity contribution is 0.0950. The Bertz CT molecular complexity index is 576. The van der Waals surface area contributed by atoms with E-state index in [0.717, 1.165) is 12.1 Å². The zero-order chi connectivity index (χ0) is 13.8. The molecule has 0 aromatic heterocycles. The molecule has 2 nitrogen and oxygen atoms in total. The molecule has 1 N–H and O–H groups in total. The van der Waals surface area contributed by atoms with Crippen LogP contribution in [0.5, 0.6) is 0 Å². The van der Waals surface area contributed by atoms with Crippen molar-refractivity contribution in [1.29, 1.82) is 0 Å². The number of nitrogens with one attached hydrogen (secondary N) is 1. The van der Waals surface area contributed by atoms with Gasteiger partial charge < -0.3 is 5.32 Å². The first-order valence-corrected chi connectivity index (χ1v) is 5.53. The van der Waals surface area contributed by atoms with Gasteiger partial charge in [-0.1, -0.05) is 12.1 Å². The van der Waals surface area contributed by atoms with Crippen LogP contribution in [0.25, 0.3) is 0 Å². The summed E-state index contributed by atoms with van der Waals surface area (Å²) in [6.45, 7) is 0.150. The second kappa shape index (κ2) is 5.56. The maximum atomic E-state index is 12.9. The van der Waals surface area contributed by atoms with E-state index >= 15 is 0 Å². The van der Waals surface area contributed by atoms with Gasteiger partial charge in [-0.25, -0.2) is 13.2 Å². The van der Waals surface area contributed by atoms with Crippen molar-refractivity contribution in [3.63, 3.8) is 0 Å². The van der Waals surface area contributed by atoms with Crippen LogP contribution in [0.3, 0.4) is 0 Å². The highest BCUT2D eigenvalue weighted by molar-refractivity contribution is 5.94. The van der Waals surface area contributed by atoms with Crippen LogP contribution in [-0.2, 0) is 6.54 Å². The van der Waals surface area contributed by atoms with Crippen molar-refractivity contribution in [3.8, 4) is 0 Å². The van der Waals surface area contributed by atoms with Gasteiger partial charge in [-0.15, -0.1) is 0 Å². The molecule has 0 atom stereocenters. The molecule has 1 amide bonds. The number of rotatable bonds is 3. The molecule has 0 heterocycles. The van der Waals surface area contributed by atoms with Crippen molar-refractivity contribution in [1.82, 2.24) is 5.32 Å². The lowest BCUT2D eigenvalue weighted by Crippen LogP contribution is -2.23. The molecule has 2 aromatic rings. The minimum Gasteiger partial charge on any atom is -0.348 e. The third kappa shape index (κ3) is 3.58. The van der Waals surface area contributed by atoms with Gasteiger partial charge in [0.2, 0.25) is 0 Å². The van der Waals surface area contributed by atoms with Crippen LogP contribution in [0.15, 0.2) is 42.5 Å². The molecule has 0 aliphatic rings. The van der Waals surface area contributed by atoms with Gasteiger partial charge in [0.05, 0.1) is 0 Å². The van der Waals surface area contributed by atoms with E-state index in [0.29, 0.717) is 11.6 Å². The van der Waals surface area contributed by atoms with E-state index in [-0.39, 0.29) is 17.9 Å². The molecule has 98 valence electrons. The third-order valence-corrected chi connectivity index (χ3v) is 2.49. The molecule has 19 heavy (non-hydrogen) atoms. The fourth-order valence-corrected chi connectivity index (χ4v) is 1.57. The summed E-state index contributed by atoms with van der Waals surface area (Å²) in [4.78, 5) is 11.7. The Kier molecular flexibility index (Phi) is 3.85. The number of halogens is 3. The molecule has 5 heteroatoms. The van der Waals surface area contributed by atoms with E-state index in [4.69, 9.17) is 0 Å². The van der Waals surface area contributed by atoms with Crippen LogP contribution < -0.4 is 5.32 Å². The smallest absolute Gasteiger partial charge is 0.251 e. The fourth-order valence-electron chi connectivity index (χ4n) is 1.57. The quantitative estimate of drug-likeness (QED) is 0.908. The lowest BCUT2D eigenvalue weighted by atomic mass is 10.2. The van der Waals surface area contributed by atoms with Gasteiger partial charge in [0.25, 0.3) is 5.91 Å². The fraction of sp³-hybridized carbons (Fsp3) is 0.0714. The number of benzene rings is 2. The topological polar surface area (TPSA) is 29.1 Å². The average Bonchev–Trinajstić information content (AvgIpc) is 2.36. The molecule has 0 bridgehead atoms. The summed E-state index contributed by atoms with van der Waals surface area (Å²) < 4.78 is 38.5. The first kappa shape index (κ1) is 13.1. The Morgan fingerprint density at radius 2 is 1.47 bits per heavy atom. The summed E-state index contributed by atoms with van der Waals surface area (Å²) >= 11 is 0. The molecule has 0 aliphatic carbocycles. The van der Waals surface area contributed by atoms with Gasteiger partial charge in [0.15, 0.2) is 0 Å². The van der Waals surface area contributed by atoms with Crippen molar-refractivity contribution >= 4 is 5.91 Å². The Morgan fingerprint density at radius 3 is 2.05 bits per heavy atom. The maximum Gasteiger partial charge on any atom is 0.251 e. The number of carbonyl (C=O) groups excluding carboxylic acids is 1. The molecule has 0 saturated carbocycles. The van der Waals surface area contributed by atoms with E-state index in [9.17, 15) is 18.0 Å². The molecule has 0 aliphatic heterocycles. The summed E-state index contributed by atoms with van der Waals surface area (Å²) in [7, 11) is 0. The monoisotopic (exact) mass is 265 g/mol. The van der Waals surface area contributed by atoms with Crippen LogP contribution in [0.4, 0.5) is 13.2 Å². The van der Waals surface area contributed by atoms with Crippen molar-refractivity contribution in [2.24, 2.45) is 0 Å². The summed E-state index contributed by atoms with van der Waals surface area (Å²) in [6, 6.07) is 8.15. The van der Waals surface area contributed by atoms with Gasteiger partial charge in [0.1, 0.15) is 17.5 Å². The van der Waals surface area contributed by atoms with Gasteiger partial charge in [0, 0.05) is 18.2 Å². The second-order valence-electron chi connectivity index (χ2n) is 3.97. The highest BCUT2D eigenvalue weighted by Crippen LogP contribution is 2.08. The van der Waals surface area contributed by atoms with Gasteiger partial charge >= 0.3 is 0 Å². The number of carbonyl (C=O) groups is 1. The predicted octanol–water partition coefficient (Wildman–Crippen LogP) is 3.03. The van der Waals surface area contributed by atoms with E-state index in [1.807, 2.05) is 0 Å². The molecule has 0 spiro atoms. The molecular formula is C14H10F3NO. The van der Waals surface area contributed by atoms with Gasteiger partial charge in [-0.05, 0) is 29.8 Å². The molecule has 0 unspecified atom stereocenters. The molecule has 2 aromatic carbocycles. The van der Waals surface area contributed by atoms with Crippen LogP contribution in [0, 0.1) is 17.5 Å². The third-order valence-electron chi connectivity index (χ3n) is 2.49. The van der Waals surface area contributed by atoms with E-state index in [1.54, 1.807) is 0 Å². The zero-order valence-corrected chi connectivity index (χ0v) is 9.79. The summed E-state index contributed by atoms with van der Waals surface area (Å²) in [5, 5.41) is 2.49. The zero-order valence-electron chi connectivity index (χ0n) is 9.79. The molecular weight excluding hydrogens is 255 g/mol. The predicted molar refractivity (Wildman–Crippen MR) is 63.9 cm³/mol. The standard InChI is InChI=1S/C14H10F3NO/c15-11-3-1-9(2-4-11)8-18-14(19)10-5-12(16)7-13(17)6-10/h1-7H,8H2,(H,18,19). The maximum absolute atomic E-state index is 12.9. The molecule has 0 radical (unpaired) electrons. The van der Waals surface area contributed by atoms with Crippen LogP contribution in [0.1, 0.15) is 15.9 Å². The summed E-state index contributed by atoms with van der Waals surface area (Å²) in [5.41, 5.74) is 0.589. The Morgan fingerprint density at radius 1 is 0.895 bits per heavy atom. The SMILES string of the molecule is O=C(NCc1ccc(F)cc1)c1cc(F)cc(F)c1.